The highest BCUT2D eigenvalue weighted by molar-refractivity contribution is 5.92. The highest BCUT2D eigenvalue weighted by Crippen LogP contribution is 2.37. The molecule has 0 spiro atoms. The number of anilines is 3. The molecule has 5 heterocycles. The highest BCUT2D eigenvalue weighted by Gasteiger charge is 2.38. The predicted octanol–water partition coefficient (Wildman–Crippen LogP) is 5.27. The van der Waals surface area contributed by atoms with E-state index >= 15 is 0 Å². The Hall–Kier alpha value is -4.91. The maximum absolute atomic E-state index is 11.4. The number of pyridine rings is 1. The van der Waals surface area contributed by atoms with Crippen LogP contribution in [-0.4, -0.2) is 81.1 Å². The molecule has 0 radical (unpaired) electrons. The van der Waals surface area contributed by atoms with Crippen LogP contribution < -0.4 is 14.7 Å². The number of aliphatic hydroxyl groups is 1. The Labute approximate surface area is 269 Å². The Kier molecular flexibility index (Phi) is 8.66. The van der Waals surface area contributed by atoms with Crippen LogP contribution in [0.1, 0.15) is 24.1 Å². The van der Waals surface area contributed by atoms with Crippen molar-refractivity contribution in [1.29, 1.82) is 0 Å². The van der Waals surface area contributed by atoms with E-state index in [1.165, 1.54) is 11.1 Å². The van der Waals surface area contributed by atoms with Crippen molar-refractivity contribution in [3.63, 3.8) is 0 Å². The van der Waals surface area contributed by atoms with Gasteiger partial charge in [-0.15, -0.1) is 0 Å². The van der Waals surface area contributed by atoms with Crippen LogP contribution in [0.15, 0.2) is 72.9 Å². The number of carbonyl (C=O) groups is 1. The first-order valence-corrected chi connectivity index (χ1v) is 15.5. The van der Waals surface area contributed by atoms with Crippen molar-refractivity contribution in [3.05, 3.63) is 84.2 Å². The number of halogens is 3. The van der Waals surface area contributed by atoms with E-state index in [-0.39, 0.29) is 0 Å². The molecular formula is C34H36F3N7O3. The number of aliphatic carboxylic acids is 1. The van der Waals surface area contributed by atoms with Crippen molar-refractivity contribution in [2.24, 2.45) is 7.05 Å². The van der Waals surface area contributed by atoms with Crippen molar-refractivity contribution >= 4 is 45.4 Å². The first-order chi connectivity index (χ1) is 22.4. The lowest BCUT2D eigenvalue weighted by atomic mass is 9.84. The van der Waals surface area contributed by atoms with Crippen LogP contribution in [0.5, 0.6) is 0 Å². The summed E-state index contributed by atoms with van der Waals surface area (Å²) >= 11 is 0. The van der Waals surface area contributed by atoms with Crippen LogP contribution in [-0.2, 0) is 17.4 Å². The van der Waals surface area contributed by atoms with Gasteiger partial charge in [0.25, 0.3) is 0 Å². The van der Waals surface area contributed by atoms with Crippen LogP contribution in [0.2, 0.25) is 0 Å². The van der Waals surface area contributed by atoms with Gasteiger partial charge in [-0.1, -0.05) is 48.5 Å². The molecule has 47 heavy (non-hydrogen) atoms. The molecule has 2 saturated heterocycles. The maximum atomic E-state index is 11.4. The van der Waals surface area contributed by atoms with E-state index in [0.29, 0.717) is 12.8 Å². The molecule has 5 aromatic rings. The van der Waals surface area contributed by atoms with Gasteiger partial charge < -0.3 is 29.5 Å². The summed E-state index contributed by atoms with van der Waals surface area (Å²) in [6, 6.07) is 22.8. The third-order valence-corrected chi connectivity index (χ3v) is 8.86. The van der Waals surface area contributed by atoms with E-state index in [1.807, 2.05) is 37.4 Å². The maximum Gasteiger partial charge on any atom is 0.490 e. The Morgan fingerprint density at radius 2 is 1.43 bits per heavy atom. The smallest absolute Gasteiger partial charge is 0.475 e. The molecule has 2 aliphatic heterocycles. The summed E-state index contributed by atoms with van der Waals surface area (Å²) < 4.78 is 33.8. The molecule has 0 bridgehead atoms. The number of rotatable bonds is 4. The van der Waals surface area contributed by atoms with Gasteiger partial charge in [-0.3, -0.25) is 4.98 Å². The average Bonchev–Trinajstić information content (AvgIpc) is 3.45. The minimum atomic E-state index is -5.08. The molecule has 0 atom stereocenters. The molecular weight excluding hydrogens is 611 g/mol. The molecule has 0 amide bonds. The Bertz CT molecular complexity index is 1880. The number of nitrogens with zero attached hydrogens (tertiary/aromatic N) is 7. The van der Waals surface area contributed by atoms with E-state index < -0.39 is 17.7 Å². The summed E-state index contributed by atoms with van der Waals surface area (Å²) in [5, 5.41) is 20.8. The van der Waals surface area contributed by atoms with Crippen molar-refractivity contribution < 1.29 is 28.2 Å². The van der Waals surface area contributed by atoms with Gasteiger partial charge in [0, 0.05) is 69.3 Å². The van der Waals surface area contributed by atoms with Gasteiger partial charge in [0.05, 0.1) is 16.5 Å². The molecule has 2 N–H and O–H groups in total. The third-order valence-electron chi connectivity index (χ3n) is 8.86. The first-order valence-electron chi connectivity index (χ1n) is 15.5. The van der Waals surface area contributed by atoms with E-state index in [9.17, 15) is 18.3 Å². The minimum Gasteiger partial charge on any atom is -0.475 e. The topological polar surface area (TPSA) is 111 Å². The van der Waals surface area contributed by atoms with Crippen molar-refractivity contribution in [1.82, 2.24) is 19.5 Å². The zero-order chi connectivity index (χ0) is 33.3. The number of aryl methyl sites for hydroxylation is 2. The zero-order valence-electron chi connectivity index (χ0n) is 26.2. The summed E-state index contributed by atoms with van der Waals surface area (Å²) in [7, 11) is 2.04. The summed E-state index contributed by atoms with van der Waals surface area (Å²) in [5.74, 6) is -1.01. The monoisotopic (exact) mass is 647 g/mol. The van der Waals surface area contributed by atoms with Crippen LogP contribution in [0.25, 0.3) is 21.9 Å². The van der Waals surface area contributed by atoms with E-state index in [2.05, 4.69) is 68.8 Å². The fourth-order valence-electron chi connectivity index (χ4n) is 6.31. The molecule has 0 saturated carbocycles. The van der Waals surface area contributed by atoms with E-state index in [4.69, 9.17) is 24.9 Å². The Balaban J connectivity index is 0.000000499. The van der Waals surface area contributed by atoms with Crippen molar-refractivity contribution in [2.45, 2.75) is 31.5 Å². The summed E-state index contributed by atoms with van der Waals surface area (Å²) in [6.07, 6.45) is -1.68. The van der Waals surface area contributed by atoms with Gasteiger partial charge in [-0.25, -0.2) is 4.79 Å². The molecule has 2 aliphatic rings. The lowest BCUT2D eigenvalue weighted by Crippen LogP contribution is -2.47. The molecule has 246 valence electrons. The molecule has 2 fully saturated rings. The number of alkyl halides is 3. The number of piperazine rings is 1. The van der Waals surface area contributed by atoms with E-state index in [0.717, 1.165) is 78.8 Å². The number of benzene rings is 2. The fourth-order valence-corrected chi connectivity index (χ4v) is 6.31. The second-order valence-electron chi connectivity index (χ2n) is 12.0. The fraction of sp³-hybridized carbons (Fsp3) is 0.353. The number of aromatic nitrogens is 4. The van der Waals surface area contributed by atoms with Gasteiger partial charge in [0.1, 0.15) is 11.5 Å². The highest BCUT2D eigenvalue weighted by atomic mass is 19.4. The number of fused-ring (bicyclic) bond motifs is 2. The second kappa shape index (κ2) is 12.7. The summed E-state index contributed by atoms with van der Waals surface area (Å²) in [4.78, 5) is 30.9. The molecule has 3 aromatic heterocycles. The quantitative estimate of drug-likeness (QED) is 0.270. The third kappa shape index (κ3) is 6.66. The molecule has 10 nitrogen and oxygen atoms in total. The van der Waals surface area contributed by atoms with Gasteiger partial charge in [0.2, 0.25) is 5.95 Å². The van der Waals surface area contributed by atoms with Crippen molar-refractivity contribution in [3.8, 4) is 0 Å². The molecule has 0 unspecified atom stereocenters. The van der Waals surface area contributed by atoms with Gasteiger partial charge in [0.15, 0.2) is 0 Å². The SMILES string of the molecule is Cc1cc(N2CCN(c3nc(N4CCC(O)(c5ccccc5)CC4)c4ccn(C)c4n3)CC2)c2ccccc2n1.O=C(O)C(F)(F)F. The largest absolute Gasteiger partial charge is 0.490 e. The summed E-state index contributed by atoms with van der Waals surface area (Å²) in [5.41, 5.74) is 4.48. The average molecular weight is 648 g/mol. The van der Waals surface area contributed by atoms with Crippen LogP contribution in [0.4, 0.5) is 30.6 Å². The molecule has 13 heteroatoms. The second-order valence-corrected chi connectivity index (χ2v) is 12.0. The first kappa shape index (κ1) is 32.0. The van der Waals surface area contributed by atoms with Gasteiger partial charge in [-0.05, 0) is 43.5 Å². The molecule has 7 rings (SSSR count). The van der Waals surface area contributed by atoms with E-state index in [1.54, 1.807) is 0 Å². The minimum absolute atomic E-state index is 0.669. The number of para-hydroxylation sites is 1. The lowest BCUT2D eigenvalue weighted by Gasteiger charge is -2.40. The lowest BCUT2D eigenvalue weighted by molar-refractivity contribution is -0.192. The van der Waals surface area contributed by atoms with Crippen LogP contribution >= 0.6 is 0 Å². The van der Waals surface area contributed by atoms with Crippen LogP contribution in [0, 0.1) is 6.92 Å². The van der Waals surface area contributed by atoms with Crippen molar-refractivity contribution in [2.75, 3.05) is 54.0 Å². The number of piperidine rings is 1. The number of carboxylic acids is 1. The standard InChI is InChI=1S/C32H35N7O.C2HF3O2/c1-23-22-28(25-10-6-7-11-27(25)33-23)37-18-20-39(21-19-37)31-34-29-26(12-15-36(29)2)30(35-31)38-16-13-32(40,14-17-38)24-8-4-3-5-9-24;3-2(4,5)1(6)7/h3-12,15,22,40H,13-14,16-21H2,1-2H3;(H,6,7). The Morgan fingerprint density at radius 3 is 2.09 bits per heavy atom. The summed E-state index contributed by atoms with van der Waals surface area (Å²) in [6.45, 7) is 7.04. The van der Waals surface area contributed by atoms with Gasteiger partial charge >= 0.3 is 12.1 Å². The van der Waals surface area contributed by atoms with Gasteiger partial charge in [-0.2, -0.15) is 23.1 Å². The number of hydrogen-bond acceptors (Lipinski definition) is 8. The zero-order valence-corrected chi connectivity index (χ0v) is 26.2. The van der Waals surface area contributed by atoms with Crippen LogP contribution in [0.3, 0.4) is 0 Å². The predicted molar refractivity (Wildman–Crippen MR) is 175 cm³/mol. The number of carboxylic acid groups (broad SMARTS) is 1. The molecule has 0 aliphatic carbocycles. The number of hydrogen-bond donors (Lipinski definition) is 2. The normalized spacial score (nSPS) is 16.7. The molecule has 2 aromatic carbocycles. The Morgan fingerprint density at radius 1 is 0.809 bits per heavy atom.